The van der Waals surface area contributed by atoms with Gasteiger partial charge >= 0.3 is 18.1 Å². The molecule has 2 unspecified atom stereocenters. The molecule has 0 amide bonds. The number of carbonyl (C=O) groups is 2. The van der Waals surface area contributed by atoms with E-state index in [0.29, 0.717) is 6.42 Å². The molecule has 0 fully saturated rings. The van der Waals surface area contributed by atoms with E-state index in [1.165, 1.54) is 13.8 Å². The van der Waals surface area contributed by atoms with E-state index in [2.05, 4.69) is 4.74 Å². The van der Waals surface area contributed by atoms with E-state index < -0.39 is 36.2 Å². The number of rotatable bonds is 6. The Morgan fingerprint density at radius 3 is 2.05 bits per heavy atom. The fourth-order valence-corrected chi connectivity index (χ4v) is 1.23. The number of ether oxygens (including phenoxy) is 2. The van der Waals surface area contributed by atoms with Gasteiger partial charge in [0.15, 0.2) is 6.10 Å². The molecule has 0 spiro atoms. The standard InChI is InChI=1S/C13H21F3O4/c1-6-8(2)11(18)20-12(4,5)7-10(17)19-9(3)13(14,15)16/h8-9H,6-7H2,1-5H3. The predicted molar refractivity (Wildman–Crippen MR) is 65.9 cm³/mol. The number of alkyl halides is 3. The minimum atomic E-state index is -4.60. The van der Waals surface area contributed by atoms with E-state index in [4.69, 9.17) is 4.74 Å². The van der Waals surface area contributed by atoms with Crippen LogP contribution in [0, 0.1) is 5.92 Å². The summed E-state index contributed by atoms with van der Waals surface area (Å²) in [5.74, 6) is -1.88. The molecule has 0 aromatic rings. The van der Waals surface area contributed by atoms with E-state index in [-0.39, 0.29) is 5.92 Å². The Balaban J connectivity index is 4.46. The van der Waals surface area contributed by atoms with Crippen molar-refractivity contribution in [3.8, 4) is 0 Å². The van der Waals surface area contributed by atoms with Crippen LogP contribution in [0.1, 0.15) is 47.5 Å². The molecule has 20 heavy (non-hydrogen) atoms. The van der Waals surface area contributed by atoms with Gasteiger partial charge in [-0.1, -0.05) is 13.8 Å². The fraction of sp³-hybridized carbons (Fsp3) is 0.846. The molecular formula is C13H21F3O4. The van der Waals surface area contributed by atoms with Crippen molar-refractivity contribution < 1.29 is 32.2 Å². The van der Waals surface area contributed by atoms with Crippen LogP contribution in [0.2, 0.25) is 0 Å². The Morgan fingerprint density at radius 1 is 1.15 bits per heavy atom. The summed E-state index contributed by atoms with van der Waals surface area (Å²) in [5.41, 5.74) is -1.21. The summed E-state index contributed by atoms with van der Waals surface area (Å²) in [5, 5.41) is 0. The summed E-state index contributed by atoms with van der Waals surface area (Å²) in [6.45, 7) is 7.12. The van der Waals surface area contributed by atoms with Gasteiger partial charge in [0.05, 0.1) is 12.3 Å². The third-order valence-electron chi connectivity index (χ3n) is 2.73. The zero-order valence-electron chi connectivity index (χ0n) is 12.3. The highest BCUT2D eigenvalue weighted by Crippen LogP contribution is 2.24. The van der Waals surface area contributed by atoms with Gasteiger partial charge in [0.2, 0.25) is 0 Å². The molecule has 0 bridgehead atoms. The first-order valence-electron chi connectivity index (χ1n) is 6.38. The maximum absolute atomic E-state index is 12.2. The van der Waals surface area contributed by atoms with Gasteiger partial charge in [-0.25, -0.2) is 0 Å². The van der Waals surface area contributed by atoms with Gasteiger partial charge in [0.25, 0.3) is 0 Å². The fourth-order valence-electron chi connectivity index (χ4n) is 1.23. The predicted octanol–water partition coefficient (Wildman–Crippen LogP) is 3.24. The molecule has 0 radical (unpaired) electrons. The minimum absolute atomic E-state index is 0.334. The van der Waals surface area contributed by atoms with Crippen LogP contribution in [0.15, 0.2) is 0 Å². The van der Waals surface area contributed by atoms with Gasteiger partial charge in [0.1, 0.15) is 5.60 Å². The molecule has 0 aliphatic rings. The molecule has 4 nitrogen and oxygen atoms in total. The quantitative estimate of drug-likeness (QED) is 0.706. The molecule has 7 heteroatoms. The van der Waals surface area contributed by atoms with Crippen LogP contribution < -0.4 is 0 Å². The zero-order chi connectivity index (χ0) is 16.1. The SMILES string of the molecule is CCC(C)C(=O)OC(C)(C)CC(=O)OC(C)C(F)(F)F. The average Bonchev–Trinajstić information content (AvgIpc) is 2.24. The summed E-state index contributed by atoms with van der Waals surface area (Å²) < 4.78 is 46.1. The van der Waals surface area contributed by atoms with Crippen molar-refractivity contribution in [1.29, 1.82) is 0 Å². The van der Waals surface area contributed by atoms with Crippen LogP contribution in [0.3, 0.4) is 0 Å². The lowest BCUT2D eigenvalue weighted by Gasteiger charge is -2.26. The van der Waals surface area contributed by atoms with Crippen molar-refractivity contribution in [3.05, 3.63) is 0 Å². The Morgan fingerprint density at radius 2 is 1.65 bits per heavy atom. The van der Waals surface area contributed by atoms with Crippen molar-refractivity contribution in [2.24, 2.45) is 5.92 Å². The monoisotopic (exact) mass is 298 g/mol. The number of carbonyl (C=O) groups excluding carboxylic acids is 2. The van der Waals surface area contributed by atoms with Crippen molar-refractivity contribution in [1.82, 2.24) is 0 Å². The van der Waals surface area contributed by atoms with Gasteiger partial charge in [-0.05, 0) is 27.2 Å². The van der Waals surface area contributed by atoms with Crippen LogP contribution in [0.5, 0.6) is 0 Å². The lowest BCUT2D eigenvalue weighted by molar-refractivity contribution is -0.218. The first kappa shape index (κ1) is 18.7. The molecule has 118 valence electrons. The molecule has 2 atom stereocenters. The van der Waals surface area contributed by atoms with Gasteiger partial charge in [-0.3, -0.25) is 9.59 Å². The van der Waals surface area contributed by atoms with E-state index in [1.54, 1.807) is 13.8 Å². The molecule has 0 aliphatic heterocycles. The summed E-state index contributed by atoms with van der Waals surface area (Å²) in [6, 6.07) is 0. The summed E-state index contributed by atoms with van der Waals surface area (Å²) in [6.07, 6.45) is -6.65. The summed E-state index contributed by atoms with van der Waals surface area (Å²) in [7, 11) is 0. The molecule has 0 heterocycles. The molecule has 0 saturated carbocycles. The highest BCUT2D eigenvalue weighted by Gasteiger charge is 2.40. The van der Waals surface area contributed by atoms with Crippen LogP contribution in [0.4, 0.5) is 13.2 Å². The van der Waals surface area contributed by atoms with Crippen LogP contribution in [0.25, 0.3) is 0 Å². The van der Waals surface area contributed by atoms with Crippen molar-refractivity contribution in [3.63, 3.8) is 0 Å². The highest BCUT2D eigenvalue weighted by molar-refractivity contribution is 5.74. The highest BCUT2D eigenvalue weighted by atomic mass is 19.4. The number of hydrogen-bond acceptors (Lipinski definition) is 4. The molecule has 0 rings (SSSR count). The maximum Gasteiger partial charge on any atom is 0.425 e. The van der Waals surface area contributed by atoms with Crippen LogP contribution in [-0.2, 0) is 19.1 Å². The van der Waals surface area contributed by atoms with Crippen LogP contribution >= 0.6 is 0 Å². The normalized spacial score (nSPS) is 15.4. The number of hydrogen-bond donors (Lipinski definition) is 0. The van der Waals surface area contributed by atoms with Crippen LogP contribution in [-0.4, -0.2) is 29.8 Å². The number of halogens is 3. The van der Waals surface area contributed by atoms with Gasteiger partial charge in [0, 0.05) is 0 Å². The second kappa shape index (κ2) is 6.95. The second-order valence-corrected chi connectivity index (χ2v) is 5.34. The molecule has 0 aromatic carbocycles. The van der Waals surface area contributed by atoms with Gasteiger partial charge in [-0.2, -0.15) is 13.2 Å². The van der Waals surface area contributed by atoms with Gasteiger partial charge < -0.3 is 9.47 Å². The maximum atomic E-state index is 12.2. The lowest BCUT2D eigenvalue weighted by Crippen LogP contribution is -2.37. The third kappa shape index (κ3) is 6.77. The van der Waals surface area contributed by atoms with Crippen molar-refractivity contribution in [2.75, 3.05) is 0 Å². The Bertz CT molecular complexity index is 350. The van der Waals surface area contributed by atoms with E-state index in [0.717, 1.165) is 6.92 Å². The first-order valence-corrected chi connectivity index (χ1v) is 6.38. The van der Waals surface area contributed by atoms with Crippen molar-refractivity contribution >= 4 is 11.9 Å². The Kier molecular flexibility index (Phi) is 6.50. The van der Waals surface area contributed by atoms with Gasteiger partial charge in [-0.15, -0.1) is 0 Å². The zero-order valence-corrected chi connectivity index (χ0v) is 12.3. The first-order chi connectivity index (χ1) is 8.89. The molecule has 0 aromatic heterocycles. The third-order valence-corrected chi connectivity index (χ3v) is 2.73. The molecule has 0 aliphatic carbocycles. The second-order valence-electron chi connectivity index (χ2n) is 5.34. The largest absolute Gasteiger partial charge is 0.459 e. The van der Waals surface area contributed by atoms with E-state index >= 15 is 0 Å². The Hall–Kier alpha value is -1.27. The lowest BCUT2D eigenvalue weighted by atomic mass is 10.0. The topological polar surface area (TPSA) is 52.6 Å². The van der Waals surface area contributed by atoms with E-state index in [1.807, 2.05) is 0 Å². The average molecular weight is 298 g/mol. The van der Waals surface area contributed by atoms with Crippen molar-refractivity contribution in [2.45, 2.75) is 65.3 Å². The molecule has 0 saturated heterocycles. The summed E-state index contributed by atoms with van der Waals surface area (Å²) in [4.78, 5) is 23.0. The smallest absolute Gasteiger partial charge is 0.425 e. The number of esters is 2. The van der Waals surface area contributed by atoms with E-state index in [9.17, 15) is 22.8 Å². The summed E-state index contributed by atoms with van der Waals surface area (Å²) >= 11 is 0. The molecule has 0 N–H and O–H groups in total. The minimum Gasteiger partial charge on any atom is -0.459 e. The Labute approximate surface area is 116 Å². The molecular weight excluding hydrogens is 277 g/mol.